The first-order valence-electron chi connectivity index (χ1n) is 5.88. The van der Waals surface area contributed by atoms with Crippen LogP contribution in [-0.4, -0.2) is 17.0 Å². The largest absolute Gasteiger partial charge is 0.316 e. The van der Waals surface area contributed by atoms with Crippen molar-refractivity contribution in [3.05, 3.63) is 47.8 Å². The summed E-state index contributed by atoms with van der Waals surface area (Å²) in [5, 5.41) is 3.08. The van der Waals surface area contributed by atoms with E-state index in [0.29, 0.717) is 0 Å². The number of hydrogen-bond donors (Lipinski definition) is 1. The molecule has 0 unspecified atom stereocenters. The molecule has 2 aromatic rings. The lowest BCUT2D eigenvalue weighted by atomic mass is 10.1. The van der Waals surface area contributed by atoms with Gasteiger partial charge in [0.15, 0.2) is 5.82 Å². The van der Waals surface area contributed by atoms with E-state index in [4.69, 9.17) is 0 Å². The summed E-state index contributed by atoms with van der Waals surface area (Å²) in [6.45, 7) is 2.95. The molecule has 17 heavy (non-hydrogen) atoms. The van der Waals surface area contributed by atoms with Crippen LogP contribution in [0.15, 0.2) is 36.7 Å². The Labute approximate surface area is 102 Å². The molecule has 0 aliphatic carbocycles. The van der Waals surface area contributed by atoms with Gasteiger partial charge in [0.2, 0.25) is 0 Å². The SMILES string of the molecule is CCc1ccc(-c2ncc(CNC)cn2)cc1. The van der Waals surface area contributed by atoms with Gasteiger partial charge in [-0.25, -0.2) is 9.97 Å². The highest BCUT2D eigenvalue weighted by Gasteiger charge is 2.01. The van der Waals surface area contributed by atoms with Crippen molar-refractivity contribution >= 4 is 0 Å². The molecule has 1 aromatic carbocycles. The highest BCUT2D eigenvalue weighted by Crippen LogP contribution is 2.15. The van der Waals surface area contributed by atoms with Gasteiger partial charge in [-0.15, -0.1) is 0 Å². The van der Waals surface area contributed by atoms with Crippen molar-refractivity contribution < 1.29 is 0 Å². The Kier molecular flexibility index (Phi) is 3.83. The first kappa shape index (κ1) is 11.7. The highest BCUT2D eigenvalue weighted by atomic mass is 14.9. The van der Waals surface area contributed by atoms with Crippen molar-refractivity contribution in [2.75, 3.05) is 7.05 Å². The molecule has 1 heterocycles. The Balaban J connectivity index is 2.20. The van der Waals surface area contributed by atoms with Crippen LogP contribution in [0.5, 0.6) is 0 Å². The minimum Gasteiger partial charge on any atom is -0.316 e. The zero-order chi connectivity index (χ0) is 12.1. The van der Waals surface area contributed by atoms with Crippen molar-refractivity contribution in [2.45, 2.75) is 19.9 Å². The van der Waals surface area contributed by atoms with E-state index in [9.17, 15) is 0 Å². The second kappa shape index (κ2) is 5.55. The fourth-order valence-electron chi connectivity index (χ4n) is 1.69. The highest BCUT2D eigenvalue weighted by molar-refractivity contribution is 5.55. The van der Waals surface area contributed by atoms with Gasteiger partial charge in [-0.3, -0.25) is 0 Å². The fraction of sp³-hybridized carbons (Fsp3) is 0.286. The molecule has 3 nitrogen and oxygen atoms in total. The molecular weight excluding hydrogens is 210 g/mol. The number of rotatable bonds is 4. The summed E-state index contributed by atoms with van der Waals surface area (Å²) < 4.78 is 0. The van der Waals surface area contributed by atoms with E-state index in [-0.39, 0.29) is 0 Å². The third-order valence-electron chi connectivity index (χ3n) is 2.71. The zero-order valence-corrected chi connectivity index (χ0v) is 10.3. The lowest BCUT2D eigenvalue weighted by Gasteiger charge is -2.03. The van der Waals surface area contributed by atoms with Gasteiger partial charge >= 0.3 is 0 Å². The van der Waals surface area contributed by atoms with Gasteiger partial charge in [0, 0.05) is 30.1 Å². The molecular formula is C14H17N3. The average molecular weight is 227 g/mol. The summed E-state index contributed by atoms with van der Waals surface area (Å²) in [4.78, 5) is 8.74. The maximum atomic E-state index is 4.37. The Hall–Kier alpha value is -1.74. The summed E-state index contributed by atoms with van der Waals surface area (Å²) in [5.41, 5.74) is 3.50. The van der Waals surface area contributed by atoms with Crippen molar-refractivity contribution in [3.8, 4) is 11.4 Å². The van der Waals surface area contributed by atoms with Gasteiger partial charge < -0.3 is 5.32 Å². The number of hydrogen-bond acceptors (Lipinski definition) is 3. The number of aryl methyl sites for hydroxylation is 1. The van der Waals surface area contributed by atoms with Crippen LogP contribution >= 0.6 is 0 Å². The van der Waals surface area contributed by atoms with Crippen LogP contribution in [0.4, 0.5) is 0 Å². The van der Waals surface area contributed by atoms with E-state index in [1.165, 1.54) is 5.56 Å². The molecule has 0 radical (unpaired) electrons. The minimum atomic E-state index is 0.785. The van der Waals surface area contributed by atoms with Crippen LogP contribution in [-0.2, 0) is 13.0 Å². The molecule has 0 saturated heterocycles. The minimum absolute atomic E-state index is 0.785. The summed E-state index contributed by atoms with van der Waals surface area (Å²) in [5.74, 6) is 0.785. The Bertz CT molecular complexity index is 460. The lowest BCUT2D eigenvalue weighted by molar-refractivity contribution is 0.807. The van der Waals surface area contributed by atoms with Crippen molar-refractivity contribution in [1.29, 1.82) is 0 Å². The van der Waals surface area contributed by atoms with Gasteiger partial charge in [0.25, 0.3) is 0 Å². The maximum Gasteiger partial charge on any atom is 0.159 e. The summed E-state index contributed by atoms with van der Waals surface area (Å²) in [7, 11) is 1.91. The predicted octanol–water partition coefficient (Wildman–Crippen LogP) is 2.43. The van der Waals surface area contributed by atoms with E-state index in [2.05, 4.69) is 46.5 Å². The third kappa shape index (κ3) is 2.88. The molecule has 0 aliphatic heterocycles. The van der Waals surface area contributed by atoms with Gasteiger partial charge in [-0.2, -0.15) is 0 Å². The molecule has 0 spiro atoms. The first-order chi connectivity index (χ1) is 8.33. The summed E-state index contributed by atoms with van der Waals surface area (Å²) in [6, 6.07) is 8.40. The van der Waals surface area contributed by atoms with Crippen LogP contribution in [0.2, 0.25) is 0 Å². The summed E-state index contributed by atoms with van der Waals surface area (Å²) in [6.07, 6.45) is 4.79. The molecule has 0 amide bonds. The predicted molar refractivity (Wildman–Crippen MR) is 69.6 cm³/mol. The number of benzene rings is 1. The fourth-order valence-corrected chi connectivity index (χ4v) is 1.69. The first-order valence-corrected chi connectivity index (χ1v) is 5.88. The molecule has 1 aromatic heterocycles. The normalized spacial score (nSPS) is 10.5. The Morgan fingerprint density at radius 1 is 1.00 bits per heavy atom. The van der Waals surface area contributed by atoms with E-state index in [0.717, 1.165) is 29.9 Å². The van der Waals surface area contributed by atoms with E-state index >= 15 is 0 Å². The number of aromatic nitrogens is 2. The molecule has 0 saturated carbocycles. The molecule has 0 fully saturated rings. The smallest absolute Gasteiger partial charge is 0.159 e. The van der Waals surface area contributed by atoms with Crippen LogP contribution in [0, 0.1) is 0 Å². The second-order valence-corrected chi connectivity index (χ2v) is 4.00. The van der Waals surface area contributed by atoms with E-state index < -0.39 is 0 Å². The van der Waals surface area contributed by atoms with Crippen molar-refractivity contribution in [3.63, 3.8) is 0 Å². The van der Waals surface area contributed by atoms with Crippen molar-refractivity contribution in [1.82, 2.24) is 15.3 Å². The standard InChI is InChI=1S/C14H17N3/c1-3-11-4-6-13(7-5-11)14-16-9-12(8-15-2)10-17-14/h4-7,9-10,15H,3,8H2,1-2H3. The molecule has 3 heteroatoms. The Morgan fingerprint density at radius 3 is 2.18 bits per heavy atom. The van der Waals surface area contributed by atoms with Crippen LogP contribution in [0.25, 0.3) is 11.4 Å². The average Bonchev–Trinajstić information content (AvgIpc) is 2.40. The molecule has 1 N–H and O–H groups in total. The summed E-state index contributed by atoms with van der Waals surface area (Å²) >= 11 is 0. The molecule has 88 valence electrons. The topological polar surface area (TPSA) is 37.8 Å². The molecule has 0 atom stereocenters. The Morgan fingerprint density at radius 2 is 1.65 bits per heavy atom. The van der Waals surface area contributed by atoms with Crippen LogP contribution in [0.1, 0.15) is 18.1 Å². The second-order valence-electron chi connectivity index (χ2n) is 4.00. The molecule has 0 aliphatic rings. The number of nitrogens with one attached hydrogen (secondary N) is 1. The monoisotopic (exact) mass is 227 g/mol. The van der Waals surface area contributed by atoms with E-state index in [1.54, 1.807) is 0 Å². The molecule has 0 bridgehead atoms. The third-order valence-corrected chi connectivity index (χ3v) is 2.71. The molecule has 2 rings (SSSR count). The van der Waals surface area contributed by atoms with Gasteiger partial charge in [0.1, 0.15) is 0 Å². The lowest BCUT2D eigenvalue weighted by Crippen LogP contribution is -2.06. The number of nitrogens with zero attached hydrogens (tertiary/aromatic N) is 2. The van der Waals surface area contributed by atoms with Gasteiger partial charge in [-0.1, -0.05) is 31.2 Å². The van der Waals surface area contributed by atoms with Gasteiger partial charge in [-0.05, 0) is 19.0 Å². The van der Waals surface area contributed by atoms with Crippen molar-refractivity contribution in [2.24, 2.45) is 0 Å². The quantitative estimate of drug-likeness (QED) is 0.871. The zero-order valence-electron chi connectivity index (χ0n) is 10.3. The van der Waals surface area contributed by atoms with Crippen LogP contribution in [0.3, 0.4) is 0 Å². The van der Waals surface area contributed by atoms with E-state index in [1.807, 2.05) is 19.4 Å². The van der Waals surface area contributed by atoms with Crippen LogP contribution < -0.4 is 5.32 Å². The van der Waals surface area contributed by atoms with Gasteiger partial charge in [0.05, 0.1) is 0 Å². The maximum absolute atomic E-state index is 4.37.